The number of nitrogens with zero attached hydrogens (tertiary/aromatic N) is 1. The predicted molar refractivity (Wildman–Crippen MR) is 81.5 cm³/mol. The number of aliphatic hydroxyl groups is 3. The molecule has 0 unspecified atom stereocenters. The largest absolute Gasteiger partial charge is 0.461 e. The van der Waals surface area contributed by atoms with Crippen LogP contribution >= 0.6 is 0 Å². The summed E-state index contributed by atoms with van der Waals surface area (Å²) in [6.45, 7) is -0.587. The Morgan fingerprint density at radius 3 is 2.64 bits per heavy atom. The average Bonchev–Trinajstić information content (AvgIpc) is 3.26. The second kappa shape index (κ2) is 5.63. The van der Waals surface area contributed by atoms with Crippen LogP contribution in [0.15, 0.2) is 16.5 Å². The quantitative estimate of drug-likeness (QED) is 0.644. The molecule has 0 spiro atoms. The van der Waals surface area contributed by atoms with Crippen molar-refractivity contribution in [2.24, 2.45) is 23.7 Å². The van der Waals surface area contributed by atoms with Gasteiger partial charge in [0.1, 0.15) is 24.2 Å². The van der Waals surface area contributed by atoms with Gasteiger partial charge in [0.2, 0.25) is 11.8 Å². The van der Waals surface area contributed by atoms with Gasteiger partial charge in [0, 0.05) is 18.9 Å². The Morgan fingerprint density at radius 2 is 2.00 bits per heavy atom. The number of fused-ring (bicyclic) bond motifs is 3. The standard InChI is InChI=1S/C17H21NO7/c1-18-15(21)10-4-8(6-19)17(23)11(14(10)16(18)22)5-13(25-17)12-3-2-9(7-20)24-12/h2-3,8,10-11,13-14,19-20,23H,4-7H2,1H3/t8-,10+,11+,13+,14+,17-/m1/s1. The first-order valence-electron chi connectivity index (χ1n) is 8.42. The van der Waals surface area contributed by atoms with E-state index in [4.69, 9.17) is 14.3 Å². The van der Waals surface area contributed by atoms with Gasteiger partial charge in [0.25, 0.3) is 0 Å². The first-order chi connectivity index (χ1) is 11.9. The van der Waals surface area contributed by atoms with Gasteiger partial charge in [-0.25, -0.2) is 0 Å². The number of hydrogen-bond acceptors (Lipinski definition) is 7. The van der Waals surface area contributed by atoms with Crippen molar-refractivity contribution >= 4 is 11.8 Å². The van der Waals surface area contributed by atoms with Crippen LogP contribution in [0.2, 0.25) is 0 Å². The minimum atomic E-state index is -1.69. The highest BCUT2D eigenvalue weighted by molar-refractivity contribution is 6.05. The van der Waals surface area contributed by atoms with E-state index in [1.807, 2.05) is 0 Å². The lowest BCUT2D eigenvalue weighted by Gasteiger charge is -2.43. The van der Waals surface area contributed by atoms with Crippen molar-refractivity contribution in [1.82, 2.24) is 4.90 Å². The zero-order valence-corrected chi connectivity index (χ0v) is 13.8. The minimum absolute atomic E-state index is 0.204. The van der Waals surface area contributed by atoms with E-state index in [1.165, 1.54) is 7.05 Å². The molecule has 2 aliphatic heterocycles. The Bertz CT molecular complexity index is 716. The van der Waals surface area contributed by atoms with Gasteiger partial charge in [-0.05, 0) is 25.0 Å². The normalized spacial score (nSPS) is 40.5. The molecule has 0 bridgehead atoms. The maximum absolute atomic E-state index is 12.5. The van der Waals surface area contributed by atoms with Crippen LogP contribution in [0.3, 0.4) is 0 Å². The Kier molecular flexibility index (Phi) is 3.77. The zero-order valence-electron chi connectivity index (χ0n) is 13.8. The third kappa shape index (κ3) is 2.21. The van der Waals surface area contributed by atoms with Gasteiger partial charge >= 0.3 is 0 Å². The van der Waals surface area contributed by atoms with Crippen LogP contribution in [-0.2, 0) is 20.9 Å². The Hall–Kier alpha value is -1.74. The fourth-order valence-corrected chi connectivity index (χ4v) is 4.68. The molecule has 6 atom stereocenters. The molecular formula is C17H21NO7. The van der Waals surface area contributed by atoms with E-state index in [2.05, 4.69) is 0 Å². The summed E-state index contributed by atoms with van der Waals surface area (Å²) in [6.07, 6.45) is -0.0909. The average molecular weight is 351 g/mol. The second-order valence-corrected chi connectivity index (χ2v) is 7.15. The highest BCUT2D eigenvalue weighted by atomic mass is 16.6. The molecule has 3 N–H and O–H groups in total. The highest BCUT2D eigenvalue weighted by Gasteiger charge is 2.66. The summed E-state index contributed by atoms with van der Waals surface area (Å²) < 4.78 is 11.4. The van der Waals surface area contributed by atoms with Gasteiger partial charge in [-0.3, -0.25) is 14.5 Å². The van der Waals surface area contributed by atoms with E-state index in [9.17, 15) is 19.8 Å². The topological polar surface area (TPSA) is 120 Å². The summed E-state index contributed by atoms with van der Waals surface area (Å²) in [7, 11) is 1.45. The van der Waals surface area contributed by atoms with Crippen LogP contribution in [-0.4, -0.2) is 51.5 Å². The number of carbonyl (C=O) groups is 2. The molecule has 25 heavy (non-hydrogen) atoms. The molecule has 1 aliphatic carbocycles. The van der Waals surface area contributed by atoms with Gasteiger partial charge in [0.15, 0.2) is 5.79 Å². The molecule has 2 saturated heterocycles. The SMILES string of the molecule is CN1C(=O)[C@H]2[C@H](C[C@H](CO)[C@@]3(O)O[C@H](c4ccc(CO)o4)C[C@@H]23)C1=O. The molecule has 1 aromatic heterocycles. The van der Waals surface area contributed by atoms with E-state index in [0.717, 1.165) is 4.90 Å². The van der Waals surface area contributed by atoms with Crippen molar-refractivity contribution in [3.63, 3.8) is 0 Å². The molecule has 136 valence electrons. The molecular weight excluding hydrogens is 330 g/mol. The summed E-state index contributed by atoms with van der Waals surface area (Å²) in [5.74, 6) is -3.87. The van der Waals surface area contributed by atoms with E-state index < -0.39 is 35.6 Å². The summed E-state index contributed by atoms with van der Waals surface area (Å²) >= 11 is 0. The molecule has 3 heterocycles. The van der Waals surface area contributed by atoms with Crippen molar-refractivity contribution in [3.8, 4) is 0 Å². The second-order valence-electron chi connectivity index (χ2n) is 7.15. The molecule has 1 aromatic rings. The molecule has 2 amide bonds. The molecule has 4 rings (SSSR count). The van der Waals surface area contributed by atoms with E-state index >= 15 is 0 Å². The predicted octanol–water partition coefficient (Wildman–Crippen LogP) is -0.219. The summed E-state index contributed by atoms with van der Waals surface area (Å²) in [5.41, 5.74) is 0. The van der Waals surface area contributed by atoms with Crippen molar-refractivity contribution in [2.75, 3.05) is 13.7 Å². The van der Waals surface area contributed by atoms with Crippen LogP contribution in [0, 0.1) is 23.7 Å². The first-order valence-corrected chi connectivity index (χ1v) is 8.42. The van der Waals surface area contributed by atoms with Crippen molar-refractivity contribution in [3.05, 3.63) is 23.7 Å². The molecule has 8 heteroatoms. The number of likely N-dealkylation sites (tertiary alicyclic amines) is 1. The van der Waals surface area contributed by atoms with Crippen LogP contribution < -0.4 is 0 Å². The monoisotopic (exact) mass is 351 g/mol. The zero-order chi connectivity index (χ0) is 17.9. The van der Waals surface area contributed by atoms with Crippen LogP contribution in [0.25, 0.3) is 0 Å². The molecule has 0 radical (unpaired) electrons. The van der Waals surface area contributed by atoms with Crippen LogP contribution in [0.5, 0.6) is 0 Å². The number of aliphatic hydroxyl groups excluding tert-OH is 2. The highest BCUT2D eigenvalue weighted by Crippen LogP contribution is 2.57. The molecule has 0 aromatic carbocycles. The number of imide groups is 1. The fourth-order valence-electron chi connectivity index (χ4n) is 4.68. The molecule has 1 saturated carbocycles. The number of carbonyl (C=O) groups excluding carboxylic acids is 2. The smallest absolute Gasteiger partial charge is 0.233 e. The number of ether oxygens (including phenoxy) is 1. The van der Waals surface area contributed by atoms with Gasteiger partial charge in [-0.15, -0.1) is 0 Å². The summed E-state index contributed by atoms with van der Waals surface area (Å²) in [5, 5.41) is 30.0. The van der Waals surface area contributed by atoms with Gasteiger partial charge < -0.3 is 24.5 Å². The lowest BCUT2D eigenvalue weighted by atomic mass is 9.64. The van der Waals surface area contributed by atoms with E-state index in [1.54, 1.807) is 12.1 Å². The van der Waals surface area contributed by atoms with E-state index in [-0.39, 0.29) is 31.4 Å². The van der Waals surface area contributed by atoms with Gasteiger partial charge in [-0.2, -0.15) is 0 Å². The fraction of sp³-hybridized carbons (Fsp3) is 0.647. The maximum atomic E-state index is 12.5. The van der Waals surface area contributed by atoms with Gasteiger partial charge in [0.05, 0.1) is 18.4 Å². The molecule has 3 aliphatic rings. The number of furan rings is 1. The third-order valence-electron chi connectivity index (χ3n) is 5.96. The van der Waals surface area contributed by atoms with Gasteiger partial charge in [-0.1, -0.05) is 0 Å². The Labute approximate surface area is 144 Å². The van der Waals surface area contributed by atoms with Crippen molar-refractivity contribution < 1.29 is 34.1 Å². The Balaban J connectivity index is 1.70. The summed E-state index contributed by atoms with van der Waals surface area (Å²) in [6, 6.07) is 3.28. The molecule has 3 fully saturated rings. The third-order valence-corrected chi connectivity index (χ3v) is 5.96. The lowest BCUT2D eigenvalue weighted by Crippen LogP contribution is -2.54. The van der Waals surface area contributed by atoms with Crippen LogP contribution in [0.1, 0.15) is 30.5 Å². The lowest BCUT2D eigenvalue weighted by molar-refractivity contribution is -0.275. The number of amides is 2. The summed E-state index contributed by atoms with van der Waals surface area (Å²) in [4.78, 5) is 26.0. The Morgan fingerprint density at radius 1 is 1.24 bits per heavy atom. The number of hydrogen-bond donors (Lipinski definition) is 3. The van der Waals surface area contributed by atoms with Crippen molar-refractivity contribution in [1.29, 1.82) is 0 Å². The van der Waals surface area contributed by atoms with Crippen LogP contribution in [0.4, 0.5) is 0 Å². The minimum Gasteiger partial charge on any atom is -0.461 e. The van der Waals surface area contributed by atoms with E-state index in [0.29, 0.717) is 17.9 Å². The molecule has 8 nitrogen and oxygen atoms in total. The van der Waals surface area contributed by atoms with Crippen molar-refractivity contribution in [2.45, 2.75) is 31.3 Å². The first kappa shape index (κ1) is 16.7. The number of rotatable bonds is 3. The maximum Gasteiger partial charge on any atom is 0.233 e.